The number of aryl methyl sites for hydroxylation is 1. The highest BCUT2D eigenvalue weighted by atomic mass is 32.2. The third-order valence-electron chi connectivity index (χ3n) is 3.21. The highest BCUT2D eigenvalue weighted by molar-refractivity contribution is 7.99. The zero-order valence-electron chi connectivity index (χ0n) is 11.4. The maximum Gasteiger partial charge on any atom is 0.250 e. The summed E-state index contributed by atoms with van der Waals surface area (Å²) in [5, 5.41) is 0. The van der Waals surface area contributed by atoms with Gasteiger partial charge in [0, 0.05) is 23.7 Å². The second-order valence-corrected chi connectivity index (χ2v) is 5.84. The summed E-state index contributed by atoms with van der Waals surface area (Å²) in [6.45, 7) is 7.33. The molecule has 4 nitrogen and oxygen atoms in total. The Hall–Kier alpha value is -1.20. The molecule has 1 saturated heterocycles. The molecule has 1 amide bonds. The van der Waals surface area contributed by atoms with Crippen LogP contribution in [0.4, 0.5) is 5.69 Å². The quantitative estimate of drug-likeness (QED) is 0.858. The van der Waals surface area contributed by atoms with Crippen LogP contribution in [0.2, 0.25) is 0 Å². The van der Waals surface area contributed by atoms with Gasteiger partial charge in [-0.15, -0.1) is 11.8 Å². The third kappa shape index (κ3) is 3.22. The molecule has 2 N–H and O–H groups in total. The summed E-state index contributed by atoms with van der Waals surface area (Å²) in [4.78, 5) is 14.9. The summed E-state index contributed by atoms with van der Waals surface area (Å²) in [6.07, 6.45) is 0. The number of nitrogens with two attached hydrogens (primary N) is 1. The van der Waals surface area contributed by atoms with E-state index in [9.17, 15) is 4.79 Å². The Bertz CT molecular complexity index is 471. The minimum Gasteiger partial charge on any atom is -0.378 e. The van der Waals surface area contributed by atoms with Crippen molar-refractivity contribution in [2.24, 2.45) is 5.73 Å². The van der Waals surface area contributed by atoms with Gasteiger partial charge in [-0.1, -0.05) is 6.92 Å². The Morgan fingerprint density at radius 2 is 2.11 bits per heavy atom. The number of carbonyl (C=O) groups excluding carboxylic acids is 1. The van der Waals surface area contributed by atoms with Gasteiger partial charge in [-0.3, -0.25) is 4.79 Å². The molecule has 0 saturated carbocycles. The number of rotatable bonds is 4. The predicted molar refractivity (Wildman–Crippen MR) is 79.1 cm³/mol. The smallest absolute Gasteiger partial charge is 0.250 e. The van der Waals surface area contributed by atoms with E-state index in [0.29, 0.717) is 5.56 Å². The van der Waals surface area contributed by atoms with Gasteiger partial charge < -0.3 is 15.4 Å². The van der Waals surface area contributed by atoms with Crippen LogP contribution >= 0.6 is 11.8 Å². The van der Waals surface area contributed by atoms with Gasteiger partial charge in [-0.05, 0) is 30.4 Å². The first-order valence-electron chi connectivity index (χ1n) is 6.53. The molecule has 1 heterocycles. The van der Waals surface area contributed by atoms with Crippen molar-refractivity contribution >= 4 is 23.4 Å². The van der Waals surface area contributed by atoms with E-state index in [1.165, 1.54) is 0 Å². The second-order valence-electron chi connectivity index (χ2n) is 4.53. The van der Waals surface area contributed by atoms with Crippen molar-refractivity contribution in [1.29, 1.82) is 0 Å². The summed E-state index contributed by atoms with van der Waals surface area (Å²) in [5.41, 5.74) is 8.25. The van der Waals surface area contributed by atoms with Crippen molar-refractivity contribution in [2.45, 2.75) is 18.7 Å². The Morgan fingerprint density at radius 1 is 1.42 bits per heavy atom. The molecule has 0 aromatic heterocycles. The van der Waals surface area contributed by atoms with E-state index in [4.69, 9.17) is 10.5 Å². The zero-order chi connectivity index (χ0) is 13.8. The van der Waals surface area contributed by atoms with Gasteiger partial charge in [-0.2, -0.15) is 0 Å². The number of anilines is 1. The topological polar surface area (TPSA) is 55.6 Å². The zero-order valence-corrected chi connectivity index (χ0v) is 12.3. The first-order valence-corrected chi connectivity index (χ1v) is 7.52. The average Bonchev–Trinajstić information content (AvgIpc) is 2.39. The van der Waals surface area contributed by atoms with Gasteiger partial charge in [0.25, 0.3) is 0 Å². The molecule has 19 heavy (non-hydrogen) atoms. The van der Waals surface area contributed by atoms with Crippen LogP contribution < -0.4 is 10.6 Å². The third-order valence-corrected chi connectivity index (χ3v) is 4.13. The Morgan fingerprint density at radius 3 is 2.68 bits per heavy atom. The number of benzene rings is 1. The number of nitrogens with zero attached hydrogens (tertiary/aromatic N) is 1. The lowest BCUT2D eigenvalue weighted by molar-refractivity contribution is 0.0997. The van der Waals surface area contributed by atoms with E-state index in [2.05, 4.69) is 17.9 Å². The van der Waals surface area contributed by atoms with Gasteiger partial charge in [0.1, 0.15) is 0 Å². The number of thioether (sulfide) groups is 1. The first kappa shape index (κ1) is 14.2. The van der Waals surface area contributed by atoms with Crippen molar-refractivity contribution in [3.8, 4) is 0 Å². The molecular formula is C14H20N2O2S. The molecule has 1 aromatic carbocycles. The van der Waals surface area contributed by atoms with Crippen LogP contribution in [-0.2, 0) is 4.74 Å². The molecule has 0 atom stereocenters. The highest BCUT2D eigenvalue weighted by Gasteiger charge is 2.17. The lowest BCUT2D eigenvalue weighted by Crippen LogP contribution is -2.36. The van der Waals surface area contributed by atoms with E-state index in [1.807, 2.05) is 13.0 Å². The summed E-state index contributed by atoms with van der Waals surface area (Å²) in [5.74, 6) is 0.578. The van der Waals surface area contributed by atoms with Crippen molar-refractivity contribution in [2.75, 3.05) is 37.0 Å². The van der Waals surface area contributed by atoms with Crippen LogP contribution in [0.15, 0.2) is 17.0 Å². The van der Waals surface area contributed by atoms with E-state index in [1.54, 1.807) is 11.8 Å². The monoisotopic (exact) mass is 280 g/mol. The predicted octanol–water partition coefficient (Wildman–Crippen LogP) is 2.04. The second kappa shape index (κ2) is 6.30. The van der Waals surface area contributed by atoms with Crippen LogP contribution in [-0.4, -0.2) is 38.0 Å². The number of hydrogen-bond acceptors (Lipinski definition) is 4. The van der Waals surface area contributed by atoms with E-state index < -0.39 is 0 Å². The van der Waals surface area contributed by atoms with Crippen molar-refractivity contribution in [1.82, 2.24) is 0 Å². The Kier molecular flexibility index (Phi) is 4.71. The molecular weight excluding hydrogens is 260 g/mol. The highest BCUT2D eigenvalue weighted by Crippen LogP contribution is 2.31. The van der Waals surface area contributed by atoms with Gasteiger partial charge >= 0.3 is 0 Å². The first-order chi connectivity index (χ1) is 9.13. The van der Waals surface area contributed by atoms with E-state index in [-0.39, 0.29) is 5.91 Å². The van der Waals surface area contributed by atoms with Crippen LogP contribution in [0.5, 0.6) is 0 Å². The van der Waals surface area contributed by atoms with Crippen LogP contribution in [0.3, 0.4) is 0 Å². The lowest BCUT2D eigenvalue weighted by atomic mass is 10.1. The van der Waals surface area contributed by atoms with Gasteiger partial charge in [0.2, 0.25) is 5.91 Å². The summed E-state index contributed by atoms with van der Waals surface area (Å²) in [7, 11) is 0. The maximum absolute atomic E-state index is 11.6. The van der Waals surface area contributed by atoms with Crippen molar-refractivity contribution in [3.63, 3.8) is 0 Å². The Balaban J connectivity index is 2.38. The fourth-order valence-corrected chi connectivity index (χ4v) is 3.25. The van der Waals surface area contributed by atoms with E-state index in [0.717, 1.165) is 48.2 Å². The number of ether oxygens (including phenoxy) is 1. The molecule has 2 rings (SSSR count). The lowest BCUT2D eigenvalue weighted by Gasteiger charge is -2.30. The number of hydrogen-bond donors (Lipinski definition) is 1. The minimum atomic E-state index is -0.345. The molecule has 1 aliphatic rings. The fourth-order valence-electron chi connectivity index (χ4n) is 2.33. The number of primary amides is 1. The van der Waals surface area contributed by atoms with Crippen molar-refractivity contribution in [3.05, 3.63) is 23.3 Å². The summed E-state index contributed by atoms with van der Waals surface area (Å²) < 4.78 is 5.37. The largest absolute Gasteiger partial charge is 0.378 e. The maximum atomic E-state index is 11.6. The normalized spacial score (nSPS) is 15.6. The molecule has 1 fully saturated rings. The minimum absolute atomic E-state index is 0.345. The molecule has 0 spiro atoms. The molecule has 0 radical (unpaired) electrons. The van der Waals surface area contributed by atoms with Crippen LogP contribution in [0.1, 0.15) is 22.8 Å². The molecule has 0 bridgehead atoms. The molecule has 1 aromatic rings. The average molecular weight is 280 g/mol. The van der Waals surface area contributed by atoms with Crippen LogP contribution in [0.25, 0.3) is 0 Å². The van der Waals surface area contributed by atoms with E-state index >= 15 is 0 Å². The van der Waals surface area contributed by atoms with Crippen LogP contribution in [0, 0.1) is 6.92 Å². The number of morpholine rings is 1. The SMILES string of the molecule is CCSc1cc(N2CCOCC2)cc(C)c1C(N)=O. The number of amides is 1. The standard InChI is InChI=1S/C14H20N2O2S/c1-3-19-12-9-11(16-4-6-18-7-5-16)8-10(2)13(12)14(15)17/h8-9H,3-7H2,1-2H3,(H2,15,17). The van der Waals surface area contributed by atoms with Crippen molar-refractivity contribution < 1.29 is 9.53 Å². The molecule has 0 aliphatic carbocycles. The molecule has 0 unspecified atom stereocenters. The molecule has 104 valence electrons. The number of carbonyl (C=O) groups is 1. The summed E-state index contributed by atoms with van der Waals surface area (Å²) >= 11 is 1.66. The Labute approximate surface area is 118 Å². The van der Waals surface area contributed by atoms with Gasteiger partial charge in [0.15, 0.2) is 0 Å². The molecule has 5 heteroatoms. The summed E-state index contributed by atoms with van der Waals surface area (Å²) in [6, 6.07) is 4.12. The fraction of sp³-hybridized carbons (Fsp3) is 0.500. The molecule has 1 aliphatic heterocycles. The van der Waals surface area contributed by atoms with Gasteiger partial charge in [-0.25, -0.2) is 0 Å². The van der Waals surface area contributed by atoms with Gasteiger partial charge in [0.05, 0.1) is 18.8 Å².